The van der Waals surface area contributed by atoms with Gasteiger partial charge in [0.05, 0.1) is 6.10 Å². The van der Waals surface area contributed by atoms with E-state index >= 15 is 0 Å². The van der Waals surface area contributed by atoms with Gasteiger partial charge in [0.25, 0.3) is 0 Å². The standard InChI is InChI=1S/C15H28N2O3/c1-15(2,3)20-14(18)16(4)12-7-8-17(10-12)11-13-6-5-9-19-13/h12-13H,5-11H2,1-4H3/t12-,13-/m1/s1. The quantitative estimate of drug-likeness (QED) is 0.796. The molecule has 5 nitrogen and oxygen atoms in total. The minimum absolute atomic E-state index is 0.221. The first kappa shape index (κ1) is 15.6. The van der Waals surface area contributed by atoms with Crippen LogP contribution in [0.15, 0.2) is 0 Å². The molecule has 0 aromatic carbocycles. The number of hydrogen-bond acceptors (Lipinski definition) is 4. The van der Waals surface area contributed by atoms with Gasteiger partial charge in [0.15, 0.2) is 0 Å². The zero-order chi connectivity index (χ0) is 14.8. The average Bonchev–Trinajstić information content (AvgIpc) is 2.97. The number of carbonyl (C=O) groups is 1. The number of carbonyl (C=O) groups excluding carboxylic acids is 1. The molecule has 0 aliphatic carbocycles. The fourth-order valence-corrected chi connectivity index (χ4v) is 2.85. The minimum atomic E-state index is -0.429. The first-order valence-electron chi connectivity index (χ1n) is 7.65. The molecule has 0 saturated carbocycles. The Labute approximate surface area is 122 Å². The monoisotopic (exact) mass is 284 g/mol. The number of ether oxygens (including phenoxy) is 2. The van der Waals surface area contributed by atoms with Gasteiger partial charge < -0.3 is 14.4 Å². The molecule has 0 bridgehead atoms. The van der Waals surface area contributed by atoms with Crippen LogP contribution in [0, 0.1) is 0 Å². The van der Waals surface area contributed by atoms with Crippen LogP contribution in [0.2, 0.25) is 0 Å². The highest BCUT2D eigenvalue weighted by molar-refractivity contribution is 5.68. The largest absolute Gasteiger partial charge is 0.444 e. The van der Waals surface area contributed by atoms with Gasteiger partial charge in [-0.25, -0.2) is 4.79 Å². The van der Waals surface area contributed by atoms with Crippen molar-refractivity contribution in [2.45, 2.75) is 57.8 Å². The zero-order valence-electron chi connectivity index (χ0n) is 13.2. The number of nitrogens with zero attached hydrogens (tertiary/aromatic N) is 2. The number of amides is 1. The van der Waals surface area contributed by atoms with Crippen LogP contribution in [0.4, 0.5) is 4.79 Å². The lowest BCUT2D eigenvalue weighted by Crippen LogP contribution is -2.42. The molecule has 5 heteroatoms. The van der Waals surface area contributed by atoms with E-state index in [1.165, 1.54) is 12.8 Å². The summed E-state index contributed by atoms with van der Waals surface area (Å²) < 4.78 is 11.1. The van der Waals surface area contributed by atoms with Gasteiger partial charge in [-0.1, -0.05) is 0 Å². The van der Waals surface area contributed by atoms with Gasteiger partial charge in [-0.05, 0) is 40.0 Å². The molecule has 0 spiro atoms. The molecule has 2 saturated heterocycles. The highest BCUT2D eigenvalue weighted by Crippen LogP contribution is 2.20. The van der Waals surface area contributed by atoms with E-state index in [0.717, 1.165) is 32.7 Å². The van der Waals surface area contributed by atoms with Crippen LogP contribution in [0.5, 0.6) is 0 Å². The van der Waals surface area contributed by atoms with Crippen molar-refractivity contribution < 1.29 is 14.3 Å². The molecular formula is C15H28N2O3. The van der Waals surface area contributed by atoms with Crippen LogP contribution in [0.25, 0.3) is 0 Å². The summed E-state index contributed by atoms with van der Waals surface area (Å²) in [6.45, 7) is 9.57. The molecule has 0 N–H and O–H groups in total. The summed E-state index contributed by atoms with van der Waals surface area (Å²) in [5.41, 5.74) is -0.429. The molecule has 20 heavy (non-hydrogen) atoms. The SMILES string of the molecule is CN(C(=O)OC(C)(C)C)[C@@H]1CCN(C[C@H]2CCCO2)C1. The Morgan fingerprint density at radius 2 is 2.15 bits per heavy atom. The van der Waals surface area contributed by atoms with E-state index in [9.17, 15) is 4.79 Å². The average molecular weight is 284 g/mol. The predicted octanol–water partition coefficient (Wildman–Crippen LogP) is 2.11. The number of hydrogen-bond donors (Lipinski definition) is 0. The zero-order valence-corrected chi connectivity index (χ0v) is 13.2. The lowest BCUT2D eigenvalue weighted by atomic mass is 10.2. The lowest BCUT2D eigenvalue weighted by Gasteiger charge is -2.29. The predicted molar refractivity (Wildman–Crippen MR) is 77.8 cm³/mol. The van der Waals surface area contributed by atoms with E-state index < -0.39 is 5.60 Å². The highest BCUT2D eigenvalue weighted by Gasteiger charge is 2.32. The van der Waals surface area contributed by atoms with Gasteiger partial charge >= 0.3 is 6.09 Å². The summed E-state index contributed by atoms with van der Waals surface area (Å²) in [5.74, 6) is 0. The van der Waals surface area contributed by atoms with Crippen molar-refractivity contribution in [3.63, 3.8) is 0 Å². The summed E-state index contributed by atoms with van der Waals surface area (Å²) in [4.78, 5) is 16.2. The van der Waals surface area contributed by atoms with Crippen LogP contribution in [0.3, 0.4) is 0 Å². The molecule has 2 rings (SSSR count). The van der Waals surface area contributed by atoms with Crippen LogP contribution < -0.4 is 0 Å². The van der Waals surface area contributed by atoms with E-state index in [2.05, 4.69) is 4.90 Å². The van der Waals surface area contributed by atoms with Crippen molar-refractivity contribution in [2.75, 3.05) is 33.3 Å². The molecule has 0 unspecified atom stereocenters. The molecule has 2 aliphatic rings. The number of likely N-dealkylation sites (N-methyl/N-ethyl adjacent to an activating group) is 1. The Balaban J connectivity index is 1.77. The maximum Gasteiger partial charge on any atom is 0.410 e. The molecule has 0 aromatic heterocycles. The molecule has 116 valence electrons. The van der Waals surface area contributed by atoms with E-state index in [-0.39, 0.29) is 12.1 Å². The third-order valence-corrected chi connectivity index (χ3v) is 3.96. The van der Waals surface area contributed by atoms with Crippen molar-refractivity contribution in [3.8, 4) is 0 Å². The second-order valence-electron chi connectivity index (χ2n) is 6.93. The normalized spacial score (nSPS) is 27.8. The third-order valence-electron chi connectivity index (χ3n) is 3.96. The summed E-state index contributed by atoms with van der Waals surface area (Å²) in [7, 11) is 1.84. The van der Waals surface area contributed by atoms with Crippen LogP contribution in [-0.4, -0.2) is 66.9 Å². The van der Waals surface area contributed by atoms with E-state index in [1.54, 1.807) is 4.90 Å². The molecule has 2 heterocycles. The molecule has 0 radical (unpaired) electrons. The Hall–Kier alpha value is -0.810. The molecular weight excluding hydrogens is 256 g/mol. The Bertz CT molecular complexity index is 335. The van der Waals surface area contributed by atoms with Crippen molar-refractivity contribution in [1.29, 1.82) is 0 Å². The van der Waals surface area contributed by atoms with Gasteiger partial charge in [-0.2, -0.15) is 0 Å². The Morgan fingerprint density at radius 3 is 2.75 bits per heavy atom. The van der Waals surface area contributed by atoms with Crippen molar-refractivity contribution in [2.24, 2.45) is 0 Å². The Morgan fingerprint density at radius 1 is 1.40 bits per heavy atom. The fraction of sp³-hybridized carbons (Fsp3) is 0.933. The molecule has 0 aromatic rings. The van der Waals surface area contributed by atoms with Gasteiger partial charge in [0, 0.05) is 39.3 Å². The summed E-state index contributed by atoms with van der Waals surface area (Å²) in [6.07, 6.45) is 3.53. The van der Waals surface area contributed by atoms with E-state index in [0.29, 0.717) is 6.10 Å². The van der Waals surface area contributed by atoms with E-state index in [4.69, 9.17) is 9.47 Å². The van der Waals surface area contributed by atoms with Gasteiger partial charge in [-0.15, -0.1) is 0 Å². The van der Waals surface area contributed by atoms with Crippen LogP contribution in [-0.2, 0) is 9.47 Å². The maximum absolute atomic E-state index is 12.1. The third kappa shape index (κ3) is 4.35. The van der Waals surface area contributed by atoms with Crippen LogP contribution >= 0.6 is 0 Å². The summed E-state index contributed by atoms with van der Waals surface area (Å²) in [5, 5.41) is 0. The first-order chi connectivity index (χ1) is 9.35. The molecule has 1 amide bonds. The van der Waals surface area contributed by atoms with Crippen LogP contribution in [0.1, 0.15) is 40.0 Å². The summed E-state index contributed by atoms with van der Waals surface area (Å²) in [6, 6.07) is 0.256. The highest BCUT2D eigenvalue weighted by atomic mass is 16.6. The second-order valence-corrected chi connectivity index (χ2v) is 6.93. The topological polar surface area (TPSA) is 42.0 Å². The molecule has 2 atom stereocenters. The summed E-state index contributed by atoms with van der Waals surface area (Å²) >= 11 is 0. The molecule has 2 aliphatic heterocycles. The molecule has 2 fully saturated rings. The maximum atomic E-state index is 12.1. The van der Waals surface area contributed by atoms with Crippen molar-refractivity contribution in [3.05, 3.63) is 0 Å². The van der Waals surface area contributed by atoms with Gasteiger partial charge in [0.1, 0.15) is 5.60 Å². The number of rotatable bonds is 3. The van der Waals surface area contributed by atoms with Crippen molar-refractivity contribution in [1.82, 2.24) is 9.80 Å². The number of likely N-dealkylation sites (tertiary alicyclic amines) is 1. The second kappa shape index (κ2) is 6.31. The van der Waals surface area contributed by atoms with Crippen molar-refractivity contribution >= 4 is 6.09 Å². The van der Waals surface area contributed by atoms with E-state index in [1.807, 2.05) is 27.8 Å². The van der Waals surface area contributed by atoms with Gasteiger partial charge in [-0.3, -0.25) is 4.90 Å². The Kier molecular flexibility index (Phi) is 4.91. The first-order valence-corrected chi connectivity index (χ1v) is 7.65. The smallest absolute Gasteiger partial charge is 0.410 e. The minimum Gasteiger partial charge on any atom is -0.444 e. The lowest BCUT2D eigenvalue weighted by molar-refractivity contribution is 0.0222. The fourth-order valence-electron chi connectivity index (χ4n) is 2.85. The van der Waals surface area contributed by atoms with Gasteiger partial charge in [0.2, 0.25) is 0 Å².